The Morgan fingerprint density at radius 1 is 1.28 bits per heavy atom. The first-order valence-electron chi connectivity index (χ1n) is 8.53. The molecule has 1 aromatic carbocycles. The lowest BCUT2D eigenvalue weighted by Gasteiger charge is -2.15. The average Bonchev–Trinajstić information content (AvgIpc) is 2.89. The van der Waals surface area contributed by atoms with Crippen LogP contribution in [0.25, 0.3) is 5.57 Å². The van der Waals surface area contributed by atoms with Crippen LogP contribution in [0, 0.1) is 6.92 Å². The molecule has 0 atom stereocenters. The van der Waals surface area contributed by atoms with Crippen LogP contribution in [0.2, 0.25) is 0 Å². The van der Waals surface area contributed by atoms with Crippen LogP contribution in [-0.4, -0.2) is 22.9 Å². The number of nitrogens with zero attached hydrogens (tertiary/aromatic N) is 2. The highest BCUT2D eigenvalue weighted by Gasteiger charge is 2.20. The maximum Gasteiger partial charge on any atom is 0.324 e. The number of carbonyl (C=O) groups excluding carboxylic acids is 1. The van der Waals surface area contributed by atoms with Crippen molar-refractivity contribution in [2.75, 3.05) is 17.7 Å². The Hall–Kier alpha value is -2.76. The zero-order valence-corrected chi connectivity index (χ0v) is 14.9. The van der Waals surface area contributed by atoms with Gasteiger partial charge in [0.2, 0.25) is 0 Å². The number of methoxy groups -OCH3 is 1. The fourth-order valence-electron chi connectivity index (χ4n) is 3.22. The lowest BCUT2D eigenvalue weighted by molar-refractivity contribution is 0.262. The van der Waals surface area contributed by atoms with Gasteiger partial charge in [-0.15, -0.1) is 0 Å². The summed E-state index contributed by atoms with van der Waals surface area (Å²) in [6.07, 6.45) is 6.77. The van der Waals surface area contributed by atoms with Crippen LogP contribution in [0.1, 0.15) is 36.9 Å². The van der Waals surface area contributed by atoms with E-state index in [1.54, 1.807) is 17.9 Å². The summed E-state index contributed by atoms with van der Waals surface area (Å²) < 4.78 is 6.91. The van der Waals surface area contributed by atoms with Crippen molar-refractivity contribution >= 4 is 23.1 Å². The Bertz CT molecular complexity index is 808. The second kappa shape index (κ2) is 7.42. The first-order chi connectivity index (χ1) is 12.1. The summed E-state index contributed by atoms with van der Waals surface area (Å²) in [5.74, 6) is 1.42. The Morgan fingerprint density at radius 3 is 2.84 bits per heavy atom. The van der Waals surface area contributed by atoms with Gasteiger partial charge in [0.1, 0.15) is 11.6 Å². The molecule has 3 rings (SSSR count). The molecule has 1 aromatic heterocycles. The molecular weight excluding hydrogens is 316 g/mol. The van der Waals surface area contributed by atoms with Gasteiger partial charge in [0.05, 0.1) is 12.8 Å². The third kappa shape index (κ3) is 3.84. The van der Waals surface area contributed by atoms with Crippen LogP contribution in [0.3, 0.4) is 0 Å². The summed E-state index contributed by atoms with van der Waals surface area (Å²) in [6.45, 7) is 1.98. The number of amides is 2. The number of hydrogen-bond donors (Lipinski definition) is 2. The minimum atomic E-state index is -0.297. The molecule has 2 amide bonds. The molecule has 0 saturated carbocycles. The zero-order valence-electron chi connectivity index (χ0n) is 14.9. The van der Waals surface area contributed by atoms with Crippen LogP contribution in [0.4, 0.5) is 16.3 Å². The number of carbonyl (C=O) groups is 1. The first-order valence-corrected chi connectivity index (χ1v) is 8.53. The van der Waals surface area contributed by atoms with E-state index >= 15 is 0 Å². The highest BCUT2D eigenvalue weighted by molar-refractivity contribution is 6.01. The molecule has 1 aliphatic carbocycles. The maximum atomic E-state index is 12.5. The van der Waals surface area contributed by atoms with Gasteiger partial charge in [-0.2, -0.15) is 5.10 Å². The van der Waals surface area contributed by atoms with E-state index in [4.69, 9.17) is 4.74 Å². The second-order valence-corrected chi connectivity index (χ2v) is 6.22. The molecule has 2 N–H and O–H groups in total. The number of rotatable bonds is 4. The molecule has 0 fully saturated rings. The molecule has 1 heterocycles. The van der Waals surface area contributed by atoms with Crippen molar-refractivity contribution < 1.29 is 9.53 Å². The van der Waals surface area contributed by atoms with Crippen molar-refractivity contribution in [1.82, 2.24) is 9.78 Å². The molecule has 1 aliphatic rings. The van der Waals surface area contributed by atoms with Crippen LogP contribution in [0.15, 0.2) is 30.3 Å². The SMILES string of the molecule is COc1cccc(NC(=O)Nc2c(C3=CCCCC3)c(C)nn2C)c1. The highest BCUT2D eigenvalue weighted by Crippen LogP contribution is 2.33. The molecular formula is C19H24N4O2. The first kappa shape index (κ1) is 17.1. The van der Waals surface area contributed by atoms with E-state index in [2.05, 4.69) is 21.8 Å². The number of hydrogen-bond acceptors (Lipinski definition) is 3. The number of ether oxygens (including phenoxy) is 1. The van der Waals surface area contributed by atoms with Gasteiger partial charge in [0, 0.05) is 24.4 Å². The predicted molar refractivity (Wildman–Crippen MR) is 100 cm³/mol. The quantitative estimate of drug-likeness (QED) is 0.870. The van der Waals surface area contributed by atoms with Crippen LogP contribution in [0.5, 0.6) is 5.75 Å². The predicted octanol–water partition coefficient (Wildman–Crippen LogP) is 4.34. The smallest absolute Gasteiger partial charge is 0.324 e. The van der Waals surface area contributed by atoms with E-state index in [-0.39, 0.29) is 6.03 Å². The van der Waals surface area contributed by atoms with E-state index in [0.717, 1.165) is 29.9 Å². The Morgan fingerprint density at radius 2 is 2.12 bits per heavy atom. The van der Waals surface area contributed by atoms with E-state index in [0.29, 0.717) is 11.4 Å². The normalized spacial score (nSPS) is 14.0. The van der Waals surface area contributed by atoms with E-state index in [9.17, 15) is 4.79 Å². The van der Waals surface area contributed by atoms with Crippen molar-refractivity contribution in [3.8, 4) is 5.75 Å². The molecule has 6 heteroatoms. The third-order valence-electron chi connectivity index (χ3n) is 4.39. The number of benzene rings is 1. The number of nitrogens with one attached hydrogen (secondary N) is 2. The number of aryl methyl sites for hydroxylation is 2. The minimum absolute atomic E-state index is 0.297. The molecule has 0 radical (unpaired) electrons. The van der Waals surface area contributed by atoms with Crippen molar-refractivity contribution in [2.45, 2.75) is 32.6 Å². The van der Waals surface area contributed by atoms with Crippen LogP contribution < -0.4 is 15.4 Å². The molecule has 0 spiro atoms. The number of anilines is 2. The molecule has 25 heavy (non-hydrogen) atoms. The van der Waals surface area contributed by atoms with Gasteiger partial charge < -0.3 is 10.1 Å². The fourth-order valence-corrected chi connectivity index (χ4v) is 3.22. The van der Waals surface area contributed by atoms with Gasteiger partial charge in [0.15, 0.2) is 0 Å². The Kier molecular flexibility index (Phi) is 5.07. The molecule has 0 aliphatic heterocycles. The largest absolute Gasteiger partial charge is 0.497 e. The molecule has 0 saturated heterocycles. The zero-order chi connectivity index (χ0) is 17.8. The number of urea groups is 1. The summed E-state index contributed by atoms with van der Waals surface area (Å²) in [7, 11) is 3.45. The lowest BCUT2D eigenvalue weighted by atomic mass is 9.93. The topological polar surface area (TPSA) is 68.2 Å². The summed E-state index contributed by atoms with van der Waals surface area (Å²) in [5.41, 5.74) is 3.93. The standard InChI is InChI=1S/C19H24N4O2/c1-13-17(14-8-5-4-6-9-14)18(23(2)22-13)21-19(24)20-15-10-7-11-16(12-15)25-3/h7-8,10-12H,4-6,9H2,1-3H3,(H2,20,21,24). The van der Waals surface area contributed by atoms with Crippen molar-refractivity contribution in [1.29, 1.82) is 0 Å². The van der Waals surface area contributed by atoms with Crippen molar-refractivity contribution in [3.05, 3.63) is 41.6 Å². The summed E-state index contributed by atoms with van der Waals surface area (Å²) in [5, 5.41) is 10.3. The number of aromatic nitrogens is 2. The maximum absolute atomic E-state index is 12.5. The Balaban J connectivity index is 1.80. The minimum Gasteiger partial charge on any atom is -0.497 e. The molecule has 2 aromatic rings. The number of allylic oxidation sites excluding steroid dienone is 2. The van der Waals surface area contributed by atoms with Crippen molar-refractivity contribution in [2.24, 2.45) is 7.05 Å². The molecule has 0 bridgehead atoms. The van der Waals surface area contributed by atoms with Crippen LogP contribution in [-0.2, 0) is 7.05 Å². The highest BCUT2D eigenvalue weighted by atomic mass is 16.5. The molecule has 6 nitrogen and oxygen atoms in total. The van der Waals surface area contributed by atoms with Gasteiger partial charge >= 0.3 is 6.03 Å². The van der Waals surface area contributed by atoms with E-state index in [1.807, 2.05) is 32.2 Å². The van der Waals surface area contributed by atoms with E-state index in [1.165, 1.54) is 18.4 Å². The summed E-state index contributed by atoms with van der Waals surface area (Å²) in [6, 6.07) is 6.97. The molecule has 132 valence electrons. The summed E-state index contributed by atoms with van der Waals surface area (Å²) >= 11 is 0. The van der Waals surface area contributed by atoms with Gasteiger partial charge in [-0.1, -0.05) is 12.1 Å². The van der Waals surface area contributed by atoms with Gasteiger partial charge in [-0.25, -0.2) is 4.79 Å². The third-order valence-corrected chi connectivity index (χ3v) is 4.39. The molecule has 0 unspecified atom stereocenters. The Labute approximate surface area is 147 Å². The van der Waals surface area contributed by atoms with Gasteiger partial charge in [-0.05, 0) is 50.3 Å². The van der Waals surface area contributed by atoms with Crippen molar-refractivity contribution in [3.63, 3.8) is 0 Å². The monoisotopic (exact) mass is 340 g/mol. The average molecular weight is 340 g/mol. The second-order valence-electron chi connectivity index (χ2n) is 6.22. The lowest BCUT2D eigenvalue weighted by Crippen LogP contribution is -2.21. The van der Waals surface area contributed by atoms with E-state index < -0.39 is 0 Å². The van der Waals surface area contributed by atoms with Gasteiger partial charge in [0.25, 0.3) is 0 Å². The van der Waals surface area contributed by atoms with Gasteiger partial charge in [-0.3, -0.25) is 10.00 Å². The van der Waals surface area contributed by atoms with Crippen LogP contribution >= 0.6 is 0 Å². The summed E-state index contributed by atoms with van der Waals surface area (Å²) in [4.78, 5) is 12.5. The fraction of sp³-hybridized carbons (Fsp3) is 0.368.